The van der Waals surface area contributed by atoms with Crippen LogP contribution >= 0.6 is 0 Å². The van der Waals surface area contributed by atoms with Gasteiger partial charge in [-0.25, -0.2) is 0 Å². The monoisotopic (exact) mass is 307 g/mol. The Balaban J connectivity index is 1.57. The SMILES string of the molecule is O[C@H](c1ccccc1)[C@@H](NC1[C@H]2CCCC[C@@H]12)c1ccccc1. The molecule has 0 radical (unpaired) electrons. The first-order valence-electron chi connectivity index (χ1n) is 8.88. The van der Waals surface area contributed by atoms with Crippen LogP contribution < -0.4 is 5.32 Å². The van der Waals surface area contributed by atoms with Gasteiger partial charge >= 0.3 is 0 Å². The molecule has 0 amide bonds. The molecule has 0 spiro atoms. The largest absolute Gasteiger partial charge is 0.386 e. The lowest BCUT2D eigenvalue weighted by atomic mass is 9.95. The summed E-state index contributed by atoms with van der Waals surface area (Å²) in [5.74, 6) is 1.66. The minimum absolute atomic E-state index is 0.0331. The molecular formula is C21H25NO. The molecular weight excluding hydrogens is 282 g/mol. The summed E-state index contributed by atoms with van der Waals surface area (Å²) in [6.45, 7) is 0. The van der Waals surface area contributed by atoms with Crippen molar-refractivity contribution in [1.82, 2.24) is 5.32 Å². The van der Waals surface area contributed by atoms with Crippen molar-refractivity contribution in [2.75, 3.05) is 0 Å². The van der Waals surface area contributed by atoms with Crippen LogP contribution in [0.4, 0.5) is 0 Å². The molecule has 0 saturated heterocycles. The smallest absolute Gasteiger partial charge is 0.0984 e. The van der Waals surface area contributed by atoms with E-state index >= 15 is 0 Å². The second kappa shape index (κ2) is 6.46. The fraction of sp³-hybridized carbons (Fsp3) is 0.429. The third-order valence-electron chi connectivity index (χ3n) is 5.64. The number of rotatable bonds is 5. The van der Waals surface area contributed by atoms with E-state index in [9.17, 15) is 5.11 Å². The molecule has 0 aromatic heterocycles. The Morgan fingerprint density at radius 1 is 0.783 bits per heavy atom. The number of fused-ring (bicyclic) bond motifs is 1. The second-order valence-corrected chi connectivity index (χ2v) is 7.05. The third-order valence-corrected chi connectivity index (χ3v) is 5.64. The van der Waals surface area contributed by atoms with E-state index in [2.05, 4.69) is 29.6 Å². The van der Waals surface area contributed by atoms with Crippen molar-refractivity contribution in [2.45, 2.75) is 43.9 Å². The van der Waals surface area contributed by atoms with E-state index < -0.39 is 6.10 Å². The minimum Gasteiger partial charge on any atom is -0.386 e. The molecule has 120 valence electrons. The molecule has 0 bridgehead atoms. The molecule has 2 saturated carbocycles. The summed E-state index contributed by atoms with van der Waals surface area (Å²) in [6, 6.07) is 21.0. The first kappa shape index (κ1) is 14.9. The summed E-state index contributed by atoms with van der Waals surface area (Å²) < 4.78 is 0. The average molecular weight is 307 g/mol. The number of aliphatic hydroxyl groups excluding tert-OH is 1. The van der Waals surface area contributed by atoms with E-state index in [1.165, 1.54) is 31.2 Å². The lowest BCUT2D eigenvalue weighted by molar-refractivity contribution is 0.126. The molecule has 2 nitrogen and oxygen atoms in total. The van der Waals surface area contributed by atoms with Gasteiger partial charge in [0.25, 0.3) is 0 Å². The summed E-state index contributed by atoms with van der Waals surface area (Å²) in [7, 11) is 0. The van der Waals surface area contributed by atoms with E-state index in [-0.39, 0.29) is 6.04 Å². The second-order valence-electron chi connectivity index (χ2n) is 7.05. The molecule has 2 heteroatoms. The van der Waals surface area contributed by atoms with Crippen LogP contribution in [0.2, 0.25) is 0 Å². The number of nitrogens with one attached hydrogen (secondary N) is 1. The van der Waals surface area contributed by atoms with Gasteiger partial charge in [-0.2, -0.15) is 0 Å². The van der Waals surface area contributed by atoms with E-state index in [1.807, 2.05) is 36.4 Å². The minimum atomic E-state index is -0.513. The highest BCUT2D eigenvalue weighted by molar-refractivity contribution is 5.27. The standard InChI is InChI=1S/C21H25NO/c23-21(16-11-5-2-6-12-16)19(15-9-3-1-4-10-15)22-20-17-13-7-8-14-18(17)20/h1-6,9-12,17-23H,7-8,13-14H2/t17-,18+,19-,20?,21+/m0/s1. The molecule has 2 fully saturated rings. The topological polar surface area (TPSA) is 32.3 Å². The van der Waals surface area contributed by atoms with Crippen LogP contribution in [0.25, 0.3) is 0 Å². The van der Waals surface area contributed by atoms with Crippen molar-refractivity contribution in [3.05, 3.63) is 71.8 Å². The fourth-order valence-corrected chi connectivity index (χ4v) is 4.32. The van der Waals surface area contributed by atoms with Crippen LogP contribution in [-0.2, 0) is 0 Å². The van der Waals surface area contributed by atoms with Crippen molar-refractivity contribution in [3.8, 4) is 0 Å². The number of aliphatic hydroxyl groups is 1. The van der Waals surface area contributed by atoms with Gasteiger partial charge in [0.1, 0.15) is 0 Å². The molecule has 2 N–H and O–H groups in total. The Bertz CT molecular complexity index is 615. The van der Waals surface area contributed by atoms with Crippen molar-refractivity contribution >= 4 is 0 Å². The molecule has 23 heavy (non-hydrogen) atoms. The quantitative estimate of drug-likeness (QED) is 0.866. The Kier molecular flexibility index (Phi) is 4.19. The first-order valence-corrected chi connectivity index (χ1v) is 8.88. The van der Waals surface area contributed by atoms with E-state index in [4.69, 9.17) is 0 Å². The predicted molar refractivity (Wildman–Crippen MR) is 93.0 cm³/mol. The Hall–Kier alpha value is -1.64. The Labute approximate surface area is 138 Å². The molecule has 2 aromatic rings. The zero-order chi connectivity index (χ0) is 15.6. The number of hydrogen-bond acceptors (Lipinski definition) is 2. The fourth-order valence-electron chi connectivity index (χ4n) is 4.32. The molecule has 5 atom stereocenters. The molecule has 2 aliphatic rings. The van der Waals surface area contributed by atoms with Gasteiger partial charge in [0.05, 0.1) is 12.1 Å². The normalized spacial score (nSPS) is 28.7. The average Bonchev–Trinajstić information content (AvgIpc) is 3.33. The maximum atomic E-state index is 11.0. The molecule has 1 unspecified atom stereocenters. The molecule has 4 rings (SSSR count). The summed E-state index contributed by atoms with van der Waals surface area (Å²) in [4.78, 5) is 0. The van der Waals surface area contributed by atoms with Gasteiger partial charge in [-0.05, 0) is 35.8 Å². The zero-order valence-corrected chi connectivity index (χ0v) is 13.4. The maximum Gasteiger partial charge on any atom is 0.0984 e. The lowest BCUT2D eigenvalue weighted by Crippen LogP contribution is -2.30. The summed E-state index contributed by atoms with van der Waals surface area (Å²) >= 11 is 0. The first-order chi connectivity index (χ1) is 11.3. The van der Waals surface area contributed by atoms with E-state index in [0.29, 0.717) is 6.04 Å². The van der Waals surface area contributed by atoms with Crippen LogP contribution in [0.3, 0.4) is 0 Å². The van der Waals surface area contributed by atoms with Crippen LogP contribution in [-0.4, -0.2) is 11.1 Å². The molecule has 2 aromatic carbocycles. The van der Waals surface area contributed by atoms with Gasteiger partial charge in [0.2, 0.25) is 0 Å². The summed E-state index contributed by atoms with van der Waals surface area (Å²) in [5, 5.41) is 14.8. The molecule has 2 aliphatic carbocycles. The van der Waals surface area contributed by atoms with Gasteiger partial charge in [-0.15, -0.1) is 0 Å². The highest BCUT2D eigenvalue weighted by atomic mass is 16.3. The van der Waals surface area contributed by atoms with Crippen LogP contribution in [0.1, 0.15) is 49.0 Å². The van der Waals surface area contributed by atoms with Gasteiger partial charge < -0.3 is 10.4 Å². The van der Waals surface area contributed by atoms with E-state index in [1.54, 1.807) is 0 Å². The van der Waals surface area contributed by atoms with Crippen LogP contribution in [0, 0.1) is 11.8 Å². The van der Waals surface area contributed by atoms with Crippen molar-refractivity contribution in [3.63, 3.8) is 0 Å². The number of hydrogen-bond donors (Lipinski definition) is 2. The zero-order valence-electron chi connectivity index (χ0n) is 13.4. The van der Waals surface area contributed by atoms with Crippen molar-refractivity contribution in [1.29, 1.82) is 0 Å². The Morgan fingerprint density at radius 2 is 1.30 bits per heavy atom. The van der Waals surface area contributed by atoms with E-state index in [0.717, 1.165) is 17.4 Å². The lowest BCUT2D eigenvalue weighted by Gasteiger charge is -2.25. The summed E-state index contributed by atoms with van der Waals surface area (Å²) in [5.41, 5.74) is 2.16. The van der Waals surface area contributed by atoms with Crippen LogP contribution in [0.5, 0.6) is 0 Å². The van der Waals surface area contributed by atoms with Gasteiger partial charge in [0.15, 0.2) is 0 Å². The molecule has 0 aliphatic heterocycles. The van der Waals surface area contributed by atoms with Gasteiger partial charge in [-0.3, -0.25) is 0 Å². The maximum absolute atomic E-state index is 11.0. The summed E-state index contributed by atoms with van der Waals surface area (Å²) in [6.07, 6.45) is 4.94. The Morgan fingerprint density at radius 3 is 1.87 bits per heavy atom. The van der Waals surface area contributed by atoms with Gasteiger partial charge in [-0.1, -0.05) is 73.5 Å². The predicted octanol–water partition coefficient (Wildman–Crippen LogP) is 4.24. The third kappa shape index (κ3) is 3.06. The van der Waals surface area contributed by atoms with Gasteiger partial charge in [0, 0.05) is 6.04 Å². The van der Waals surface area contributed by atoms with Crippen LogP contribution in [0.15, 0.2) is 60.7 Å². The highest BCUT2D eigenvalue weighted by Crippen LogP contribution is 2.51. The van der Waals surface area contributed by atoms with Crippen molar-refractivity contribution < 1.29 is 5.11 Å². The highest BCUT2D eigenvalue weighted by Gasteiger charge is 2.51. The van der Waals surface area contributed by atoms with Crippen molar-refractivity contribution in [2.24, 2.45) is 11.8 Å². The molecule has 0 heterocycles. The number of benzene rings is 2.